The van der Waals surface area contributed by atoms with Gasteiger partial charge in [0.2, 0.25) is 0 Å². The Hall–Kier alpha value is -1.42. The molecule has 20 heavy (non-hydrogen) atoms. The summed E-state index contributed by atoms with van der Waals surface area (Å²) in [5, 5.41) is 0.808. The summed E-state index contributed by atoms with van der Waals surface area (Å²) in [6.07, 6.45) is 0. The van der Waals surface area contributed by atoms with Gasteiger partial charge < -0.3 is 15.5 Å². The molecule has 0 aromatic heterocycles. The topological polar surface area (TPSA) is 44.9 Å². The number of guanidine groups is 1. The number of hydrogen-bond acceptors (Lipinski definition) is 2. The summed E-state index contributed by atoms with van der Waals surface area (Å²) in [5.41, 5.74) is 7.15. The molecular weight excluding hydrogens is 272 g/mol. The number of benzene rings is 1. The lowest BCUT2D eigenvalue weighted by Gasteiger charge is -2.37. The van der Waals surface area contributed by atoms with Gasteiger partial charge in [-0.05, 0) is 18.1 Å². The maximum atomic E-state index is 6.24. The third-order valence-corrected chi connectivity index (χ3v) is 3.73. The Morgan fingerprint density at radius 1 is 1.25 bits per heavy atom. The van der Waals surface area contributed by atoms with Crippen molar-refractivity contribution in [3.05, 3.63) is 29.3 Å². The van der Waals surface area contributed by atoms with Crippen molar-refractivity contribution in [3.8, 4) is 0 Å². The lowest BCUT2D eigenvalue weighted by atomic mass is 10.2. The summed E-state index contributed by atoms with van der Waals surface area (Å²) in [5.74, 6) is 1.20. The normalized spacial score (nSPS) is 16.9. The summed E-state index contributed by atoms with van der Waals surface area (Å²) in [6.45, 7) is 8.69. The quantitative estimate of drug-likeness (QED) is 0.688. The standard InChI is InChI=1S/C15H23ClN4/c1-12(2)11-18-15(17)20-9-7-19(8-10-20)14-6-4-3-5-13(14)16/h3-6,12H,7-11H2,1-2H3,(H2,17,18). The molecule has 0 radical (unpaired) electrons. The first-order valence-electron chi connectivity index (χ1n) is 7.12. The number of hydrogen-bond donors (Lipinski definition) is 1. The molecule has 2 rings (SSSR count). The zero-order valence-corrected chi connectivity index (χ0v) is 13.0. The molecule has 110 valence electrons. The highest BCUT2D eigenvalue weighted by Crippen LogP contribution is 2.25. The van der Waals surface area contributed by atoms with Crippen LogP contribution in [-0.2, 0) is 0 Å². The molecule has 0 bridgehead atoms. The predicted molar refractivity (Wildman–Crippen MR) is 86.6 cm³/mol. The van der Waals surface area contributed by atoms with Gasteiger partial charge in [0.05, 0.1) is 10.7 Å². The first-order valence-corrected chi connectivity index (χ1v) is 7.50. The van der Waals surface area contributed by atoms with Crippen LogP contribution in [0.1, 0.15) is 13.8 Å². The molecule has 1 saturated heterocycles. The van der Waals surface area contributed by atoms with E-state index in [-0.39, 0.29) is 0 Å². The van der Waals surface area contributed by atoms with E-state index in [1.54, 1.807) is 0 Å². The number of nitrogens with two attached hydrogens (primary N) is 1. The number of nitrogens with zero attached hydrogens (tertiary/aromatic N) is 3. The van der Waals surface area contributed by atoms with Gasteiger partial charge in [-0.25, -0.2) is 0 Å². The smallest absolute Gasteiger partial charge is 0.191 e. The third-order valence-electron chi connectivity index (χ3n) is 3.42. The van der Waals surface area contributed by atoms with Crippen molar-refractivity contribution >= 4 is 23.2 Å². The van der Waals surface area contributed by atoms with Crippen LogP contribution in [0.5, 0.6) is 0 Å². The van der Waals surface area contributed by atoms with Gasteiger partial charge in [-0.2, -0.15) is 0 Å². The molecule has 0 amide bonds. The largest absolute Gasteiger partial charge is 0.370 e. The van der Waals surface area contributed by atoms with Crippen molar-refractivity contribution in [3.63, 3.8) is 0 Å². The van der Waals surface area contributed by atoms with Crippen LogP contribution in [0.2, 0.25) is 5.02 Å². The fourth-order valence-electron chi connectivity index (χ4n) is 2.26. The van der Waals surface area contributed by atoms with E-state index in [1.165, 1.54) is 0 Å². The van der Waals surface area contributed by atoms with Gasteiger partial charge in [-0.1, -0.05) is 37.6 Å². The van der Waals surface area contributed by atoms with E-state index in [4.69, 9.17) is 17.3 Å². The number of rotatable bonds is 3. The van der Waals surface area contributed by atoms with Crippen LogP contribution in [0, 0.1) is 5.92 Å². The Balaban J connectivity index is 1.93. The van der Waals surface area contributed by atoms with Crippen molar-refractivity contribution in [1.82, 2.24) is 4.90 Å². The van der Waals surface area contributed by atoms with Crippen molar-refractivity contribution < 1.29 is 0 Å². The van der Waals surface area contributed by atoms with E-state index in [2.05, 4.69) is 34.7 Å². The zero-order valence-electron chi connectivity index (χ0n) is 12.2. The Morgan fingerprint density at radius 3 is 2.50 bits per heavy atom. The fourth-order valence-corrected chi connectivity index (χ4v) is 2.52. The summed E-state index contributed by atoms with van der Waals surface area (Å²) in [7, 11) is 0. The highest BCUT2D eigenvalue weighted by molar-refractivity contribution is 6.33. The minimum atomic E-state index is 0.540. The summed E-state index contributed by atoms with van der Waals surface area (Å²) < 4.78 is 0. The summed E-state index contributed by atoms with van der Waals surface area (Å²) in [4.78, 5) is 8.89. The molecule has 1 heterocycles. The average molecular weight is 295 g/mol. The number of halogens is 1. The molecule has 0 unspecified atom stereocenters. The van der Waals surface area contributed by atoms with Gasteiger partial charge in [0, 0.05) is 32.7 Å². The zero-order chi connectivity index (χ0) is 14.5. The molecule has 1 fully saturated rings. The first kappa shape index (κ1) is 15.0. The van der Waals surface area contributed by atoms with E-state index in [0.717, 1.165) is 43.4 Å². The molecule has 4 nitrogen and oxygen atoms in total. The molecule has 0 saturated carbocycles. The SMILES string of the molecule is CC(C)CN=C(N)N1CCN(c2ccccc2Cl)CC1. The molecule has 1 aromatic carbocycles. The van der Waals surface area contributed by atoms with Crippen LogP contribution in [-0.4, -0.2) is 43.6 Å². The van der Waals surface area contributed by atoms with Gasteiger partial charge in [0.15, 0.2) is 5.96 Å². The van der Waals surface area contributed by atoms with Gasteiger partial charge in [0.25, 0.3) is 0 Å². The minimum absolute atomic E-state index is 0.540. The minimum Gasteiger partial charge on any atom is -0.370 e. The third kappa shape index (κ3) is 3.79. The van der Waals surface area contributed by atoms with E-state index < -0.39 is 0 Å². The maximum absolute atomic E-state index is 6.24. The second-order valence-electron chi connectivity index (χ2n) is 5.52. The summed E-state index contributed by atoms with van der Waals surface area (Å²) in [6, 6.07) is 7.97. The molecule has 0 atom stereocenters. The Labute approximate surface area is 126 Å². The van der Waals surface area contributed by atoms with Crippen molar-refractivity contribution in [2.75, 3.05) is 37.6 Å². The second kappa shape index (κ2) is 6.84. The second-order valence-corrected chi connectivity index (χ2v) is 5.93. The monoisotopic (exact) mass is 294 g/mol. The van der Waals surface area contributed by atoms with Crippen molar-refractivity contribution in [2.24, 2.45) is 16.6 Å². The Morgan fingerprint density at radius 2 is 1.90 bits per heavy atom. The average Bonchev–Trinajstić information content (AvgIpc) is 2.45. The van der Waals surface area contributed by atoms with Gasteiger partial charge >= 0.3 is 0 Å². The van der Waals surface area contributed by atoms with E-state index in [1.807, 2.05) is 18.2 Å². The summed E-state index contributed by atoms with van der Waals surface area (Å²) >= 11 is 6.24. The molecule has 5 heteroatoms. The molecule has 0 spiro atoms. The van der Waals surface area contributed by atoms with Crippen LogP contribution < -0.4 is 10.6 Å². The molecule has 1 aliphatic heterocycles. The van der Waals surface area contributed by atoms with Crippen LogP contribution in [0.15, 0.2) is 29.3 Å². The maximum Gasteiger partial charge on any atom is 0.191 e. The highest BCUT2D eigenvalue weighted by atomic mass is 35.5. The fraction of sp³-hybridized carbons (Fsp3) is 0.533. The van der Waals surface area contributed by atoms with Crippen LogP contribution in [0.4, 0.5) is 5.69 Å². The molecule has 1 aliphatic rings. The molecule has 0 aliphatic carbocycles. The molecule has 2 N–H and O–H groups in total. The first-order chi connectivity index (χ1) is 9.58. The lowest BCUT2D eigenvalue weighted by molar-refractivity contribution is 0.380. The molecular formula is C15H23ClN4. The number of anilines is 1. The van der Waals surface area contributed by atoms with Crippen LogP contribution in [0.25, 0.3) is 0 Å². The van der Waals surface area contributed by atoms with Gasteiger partial charge in [-0.15, -0.1) is 0 Å². The Kier molecular flexibility index (Phi) is 5.12. The molecule has 1 aromatic rings. The van der Waals surface area contributed by atoms with Crippen molar-refractivity contribution in [2.45, 2.75) is 13.8 Å². The predicted octanol–water partition coefficient (Wildman–Crippen LogP) is 2.43. The number of para-hydroxylation sites is 1. The van der Waals surface area contributed by atoms with E-state index in [0.29, 0.717) is 11.9 Å². The Bertz CT molecular complexity index is 465. The van der Waals surface area contributed by atoms with E-state index in [9.17, 15) is 0 Å². The lowest BCUT2D eigenvalue weighted by Crippen LogP contribution is -2.51. The van der Waals surface area contributed by atoms with Crippen molar-refractivity contribution in [1.29, 1.82) is 0 Å². The van der Waals surface area contributed by atoms with Gasteiger partial charge in [0.1, 0.15) is 0 Å². The highest BCUT2D eigenvalue weighted by Gasteiger charge is 2.19. The van der Waals surface area contributed by atoms with Crippen LogP contribution in [0.3, 0.4) is 0 Å². The van der Waals surface area contributed by atoms with Gasteiger partial charge in [-0.3, -0.25) is 4.99 Å². The number of aliphatic imine (C=N–C) groups is 1. The number of piperazine rings is 1. The van der Waals surface area contributed by atoms with Crippen LogP contribution >= 0.6 is 11.6 Å². The van der Waals surface area contributed by atoms with E-state index >= 15 is 0 Å².